The maximum atomic E-state index is 11.9. The third-order valence-electron chi connectivity index (χ3n) is 3.77. The van der Waals surface area contributed by atoms with Crippen LogP contribution >= 0.6 is 0 Å². The highest BCUT2D eigenvalue weighted by atomic mass is 16.3. The number of amides is 1. The van der Waals surface area contributed by atoms with Crippen molar-refractivity contribution in [1.29, 1.82) is 0 Å². The van der Waals surface area contributed by atoms with E-state index < -0.39 is 0 Å². The largest absolute Gasteiger partial charge is 0.456 e. The smallest absolute Gasteiger partial charge is 0.307 e. The molecule has 0 saturated heterocycles. The Labute approximate surface area is 128 Å². The van der Waals surface area contributed by atoms with Gasteiger partial charge in [-0.15, -0.1) is 0 Å². The number of hydrazone groups is 1. The molecule has 0 spiro atoms. The van der Waals surface area contributed by atoms with Gasteiger partial charge in [-0.2, -0.15) is 5.10 Å². The quantitative estimate of drug-likeness (QED) is 0.596. The molecule has 0 radical (unpaired) electrons. The van der Waals surface area contributed by atoms with E-state index in [2.05, 4.69) is 21.2 Å². The van der Waals surface area contributed by atoms with Gasteiger partial charge in [0.2, 0.25) is 0 Å². The van der Waals surface area contributed by atoms with Crippen LogP contribution in [-0.2, 0) is 7.05 Å². The number of hydrogen-bond donors (Lipinski definition) is 1. The van der Waals surface area contributed by atoms with Crippen molar-refractivity contribution in [3.05, 3.63) is 59.2 Å². The topological polar surface area (TPSA) is 59.5 Å². The predicted molar refractivity (Wildman–Crippen MR) is 86.2 cm³/mol. The van der Waals surface area contributed by atoms with Crippen molar-refractivity contribution in [3.8, 4) is 0 Å². The molecule has 2 aromatic heterocycles. The summed E-state index contributed by atoms with van der Waals surface area (Å²) in [4.78, 5) is 11.9. The number of nitrogens with one attached hydrogen (secondary N) is 1. The second-order valence-corrected chi connectivity index (χ2v) is 5.18. The zero-order valence-corrected chi connectivity index (χ0v) is 12.8. The van der Waals surface area contributed by atoms with Crippen molar-refractivity contribution in [2.75, 3.05) is 0 Å². The average molecular weight is 295 g/mol. The summed E-state index contributed by atoms with van der Waals surface area (Å²) in [6.07, 6.45) is 1.67. The van der Waals surface area contributed by atoms with Crippen LogP contribution in [0.5, 0.6) is 0 Å². The maximum absolute atomic E-state index is 11.9. The SMILES string of the molecule is Cc1ccc(C(=O)N/N=C\c2c(C)n(C)c3ccccc23)o1. The van der Waals surface area contributed by atoms with Gasteiger partial charge in [-0.3, -0.25) is 4.79 Å². The number of nitrogens with zero attached hydrogens (tertiary/aromatic N) is 2. The van der Waals surface area contributed by atoms with Crippen molar-refractivity contribution in [3.63, 3.8) is 0 Å². The fourth-order valence-corrected chi connectivity index (χ4v) is 2.48. The van der Waals surface area contributed by atoms with E-state index in [1.54, 1.807) is 25.3 Å². The lowest BCUT2D eigenvalue weighted by molar-refractivity contribution is 0.0926. The molecule has 1 amide bonds. The molecule has 1 N–H and O–H groups in total. The van der Waals surface area contributed by atoms with Gasteiger partial charge in [0.05, 0.1) is 6.21 Å². The molecule has 0 bridgehead atoms. The summed E-state index contributed by atoms with van der Waals surface area (Å²) in [5, 5.41) is 5.16. The highest BCUT2D eigenvalue weighted by molar-refractivity contribution is 6.01. The van der Waals surface area contributed by atoms with Crippen LogP contribution < -0.4 is 5.43 Å². The Morgan fingerprint density at radius 3 is 2.73 bits per heavy atom. The number of carbonyl (C=O) groups is 1. The van der Waals surface area contributed by atoms with Gasteiger partial charge >= 0.3 is 5.91 Å². The molecule has 0 fully saturated rings. The van der Waals surface area contributed by atoms with Gasteiger partial charge < -0.3 is 8.98 Å². The summed E-state index contributed by atoms with van der Waals surface area (Å²) < 4.78 is 7.36. The van der Waals surface area contributed by atoms with Crippen LogP contribution in [0, 0.1) is 13.8 Å². The van der Waals surface area contributed by atoms with E-state index in [9.17, 15) is 4.79 Å². The zero-order chi connectivity index (χ0) is 15.7. The summed E-state index contributed by atoms with van der Waals surface area (Å²) in [7, 11) is 2.01. The van der Waals surface area contributed by atoms with Crippen LogP contribution in [-0.4, -0.2) is 16.7 Å². The molecule has 0 unspecified atom stereocenters. The lowest BCUT2D eigenvalue weighted by Gasteiger charge is -1.98. The van der Waals surface area contributed by atoms with Crippen LogP contribution in [0.1, 0.15) is 27.6 Å². The van der Waals surface area contributed by atoms with Gasteiger partial charge in [-0.25, -0.2) is 5.43 Å². The summed E-state index contributed by atoms with van der Waals surface area (Å²) in [5.41, 5.74) is 5.71. The van der Waals surface area contributed by atoms with Gasteiger partial charge in [0, 0.05) is 29.2 Å². The number of furan rings is 1. The third kappa shape index (κ3) is 2.41. The molecule has 0 saturated carbocycles. The third-order valence-corrected chi connectivity index (χ3v) is 3.77. The van der Waals surface area contributed by atoms with Crippen LogP contribution in [0.25, 0.3) is 10.9 Å². The highest BCUT2D eigenvalue weighted by Crippen LogP contribution is 2.22. The van der Waals surface area contributed by atoms with Gasteiger partial charge in [-0.1, -0.05) is 18.2 Å². The summed E-state index contributed by atoms with van der Waals surface area (Å²) >= 11 is 0. The van der Waals surface area contributed by atoms with Crippen molar-refractivity contribution >= 4 is 23.0 Å². The van der Waals surface area contributed by atoms with E-state index in [1.165, 1.54) is 0 Å². The molecule has 0 aliphatic heterocycles. The van der Waals surface area contributed by atoms with Crippen LogP contribution in [0.4, 0.5) is 0 Å². The van der Waals surface area contributed by atoms with Crippen molar-refractivity contribution in [2.45, 2.75) is 13.8 Å². The van der Waals surface area contributed by atoms with Gasteiger partial charge in [0.25, 0.3) is 0 Å². The van der Waals surface area contributed by atoms with Crippen molar-refractivity contribution in [1.82, 2.24) is 9.99 Å². The van der Waals surface area contributed by atoms with E-state index in [0.717, 1.165) is 22.2 Å². The minimum absolute atomic E-state index is 0.254. The molecule has 0 aliphatic rings. The molecule has 0 aliphatic carbocycles. The number of aromatic nitrogens is 1. The number of carbonyl (C=O) groups excluding carboxylic acids is 1. The fraction of sp³-hybridized carbons (Fsp3) is 0.176. The first-order valence-corrected chi connectivity index (χ1v) is 7.02. The van der Waals surface area contributed by atoms with E-state index in [0.29, 0.717) is 5.76 Å². The first-order valence-electron chi connectivity index (χ1n) is 7.02. The fourth-order valence-electron chi connectivity index (χ4n) is 2.48. The zero-order valence-electron chi connectivity index (χ0n) is 12.8. The minimum atomic E-state index is -0.359. The molecule has 112 valence electrons. The van der Waals surface area contributed by atoms with E-state index in [1.807, 2.05) is 32.2 Å². The van der Waals surface area contributed by atoms with Crippen molar-refractivity contribution in [2.24, 2.45) is 12.1 Å². The number of benzene rings is 1. The molecule has 5 nitrogen and oxygen atoms in total. The first kappa shape index (κ1) is 14.1. The number of hydrogen-bond acceptors (Lipinski definition) is 3. The highest BCUT2D eigenvalue weighted by Gasteiger charge is 2.11. The number of fused-ring (bicyclic) bond motifs is 1. The van der Waals surface area contributed by atoms with E-state index >= 15 is 0 Å². The van der Waals surface area contributed by atoms with Gasteiger partial charge in [0.1, 0.15) is 5.76 Å². The van der Waals surface area contributed by atoms with Crippen molar-refractivity contribution < 1.29 is 9.21 Å². The monoisotopic (exact) mass is 295 g/mol. The Morgan fingerprint density at radius 2 is 2.00 bits per heavy atom. The number of para-hydroxylation sites is 1. The molecular weight excluding hydrogens is 278 g/mol. The molecular formula is C17H17N3O2. The maximum Gasteiger partial charge on any atom is 0.307 e. The standard InChI is InChI=1S/C17H17N3O2/c1-11-8-9-16(22-11)17(21)19-18-10-14-12(2)20(3)15-7-5-4-6-13(14)15/h4-10H,1-3H3,(H,19,21)/b18-10-. The molecule has 2 heterocycles. The second kappa shape index (κ2) is 5.52. The Hall–Kier alpha value is -2.82. The van der Waals surface area contributed by atoms with Crippen LogP contribution in [0.15, 0.2) is 45.9 Å². The Bertz CT molecular complexity index is 871. The first-order chi connectivity index (χ1) is 10.6. The molecule has 1 aromatic carbocycles. The summed E-state index contributed by atoms with van der Waals surface area (Å²) in [6.45, 7) is 3.82. The van der Waals surface area contributed by atoms with E-state index in [-0.39, 0.29) is 11.7 Å². The lowest BCUT2D eigenvalue weighted by atomic mass is 10.1. The number of aryl methyl sites for hydroxylation is 2. The molecule has 3 aromatic rings. The summed E-state index contributed by atoms with van der Waals surface area (Å²) in [6, 6.07) is 11.5. The van der Waals surface area contributed by atoms with Gasteiger partial charge in [-0.05, 0) is 32.0 Å². The summed E-state index contributed by atoms with van der Waals surface area (Å²) in [5.74, 6) is 0.588. The lowest BCUT2D eigenvalue weighted by Crippen LogP contribution is -2.16. The average Bonchev–Trinajstić information content (AvgIpc) is 3.05. The van der Waals surface area contributed by atoms with Crippen LogP contribution in [0.3, 0.4) is 0 Å². The van der Waals surface area contributed by atoms with Crippen LogP contribution in [0.2, 0.25) is 0 Å². The molecule has 5 heteroatoms. The Balaban J connectivity index is 1.84. The number of rotatable bonds is 3. The normalized spacial score (nSPS) is 11.4. The predicted octanol–water partition coefficient (Wildman–Crippen LogP) is 3.15. The molecule has 22 heavy (non-hydrogen) atoms. The van der Waals surface area contributed by atoms with Gasteiger partial charge in [0.15, 0.2) is 5.76 Å². The molecule has 0 atom stereocenters. The van der Waals surface area contributed by atoms with E-state index in [4.69, 9.17) is 4.42 Å². The molecule has 3 rings (SSSR count). The second-order valence-electron chi connectivity index (χ2n) is 5.18. The minimum Gasteiger partial charge on any atom is -0.456 e. The Morgan fingerprint density at radius 1 is 1.23 bits per heavy atom. The Kier molecular flexibility index (Phi) is 3.55.